The molecule has 0 bridgehead atoms. The fraction of sp³-hybridized carbons (Fsp3) is 0.148. The van der Waals surface area contributed by atoms with E-state index in [9.17, 15) is 18.3 Å². The highest BCUT2D eigenvalue weighted by molar-refractivity contribution is 9.10. The van der Waals surface area contributed by atoms with Gasteiger partial charge in [-0.15, -0.1) is 0 Å². The predicted octanol–water partition coefficient (Wildman–Crippen LogP) is 7.53. The third-order valence-electron chi connectivity index (χ3n) is 6.80. The summed E-state index contributed by atoms with van der Waals surface area (Å²) < 4.78 is 49.9. The van der Waals surface area contributed by atoms with Gasteiger partial charge in [0.15, 0.2) is 4.77 Å². The Balaban J connectivity index is 1.62. The number of ether oxygens (including phenoxy) is 1. The van der Waals surface area contributed by atoms with E-state index in [1.165, 1.54) is 16.7 Å². The van der Waals surface area contributed by atoms with Crippen LogP contribution in [0.15, 0.2) is 71.2 Å². The van der Waals surface area contributed by atoms with E-state index in [0.717, 1.165) is 44.3 Å². The van der Waals surface area contributed by atoms with Crippen molar-refractivity contribution in [1.29, 1.82) is 0 Å². The molecule has 0 aliphatic carbocycles. The van der Waals surface area contributed by atoms with Crippen molar-refractivity contribution in [1.82, 2.24) is 14.1 Å². The van der Waals surface area contributed by atoms with Crippen LogP contribution in [0.2, 0.25) is 0 Å². The number of fused-ring (bicyclic) bond motifs is 4. The molecule has 5 nitrogen and oxygen atoms in total. The maximum absolute atomic E-state index is 13.5. The molecule has 1 aliphatic heterocycles. The van der Waals surface area contributed by atoms with Gasteiger partial charge in [-0.2, -0.15) is 13.2 Å². The molecule has 3 heterocycles. The second-order valence-electron chi connectivity index (χ2n) is 8.87. The highest BCUT2D eigenvalue weighted by atomic mass is 79.9. The molecule has 37 heavy (non-hydrogen) atoms. The van der Waals surface area contributed by atoms with Crippen LogP contribution in [0.4, 0.5) is 13.2 Å². The SMILES string of the molecule is COc1ccc(C2c3[nH]c4ccc(Br)cc4c3Cc3c(O)n(-c4cccc(C(F)(F)F)c4)c(=S)n32)cc1. The molecule has 3 aromatic carbocycles. The lowest BCUT2D eigenvalue weighted by Crippen LogP contribution is -2.21. The maximum Gasteiger partial charge on any atom is 0.416 e. The van der Waals surface area contributed by atoms with Gasteiger partial charge in [0.2, 0.25) is 5.88 Å². The Kier molecular flexibility index (Phi) is 5.50. The average Bonchev–Trinajstić information content (AvgIpc) is 3.36. The van der Waals surface area contributed by atoms with E-state index in [4.69, 9.17) is 17.0 Å². The number of methoxy groups -OCH3 is 1. The molecular weight excluding hydrogens is 567 g/mol. The van der Waals surface area contributed by atoms with E-state index in [1.54, 1.807) is 7.11 Å². The van der Waals surface area contributed by atoms with Gasteiger partial charge < -0.3 is 19.4 Å². The van der Waals surface area contributed by atoms with E-state index in [1.807, 2.05) is 47.0 Å². The lowest BCUT2D eigenvalue weighted by molar-refractivity contribution is -0.137. The molecule has 0 amide bonds. The molecular formula is C27H19BrF3N3O2S. The highest BCUT2D eigenvalue weighted by Gasteiger charge is 2.35. The first-order valence-corrected chi connectivity index (χ1v) is 12.5. The molecule has 1 aliphatic rings. The summed E-state index contributed by atoms with van der Waals surface area (Å²) in [6, 6.07) is 17.8. The van der Waals surface area contributed by atoms with Crippen molar-refractivity contribution in [3.05, 3.63) is 104 Å². The molecule has 0 fully saturated rings. The Morgan fingerprint density at radius 1 is 1.08 bits per heavy atom. The van der Waals surface area contributed by atoms with E-state index in [0.29, 0.717) is 17.9 Å². The minimum Gasteiger partial charge on any atom is -0.497 e. The Morgan fingerprint density at radius 2 is 1.84 bits per heavy atom. The van der Waals surface area contributed by atoms with Crippen LogP contribution >= 0.6 is 28.1 Å². The summed E-state index contributed by atoms with van der Waals surface area (Å²) in [6.45, 7) is 0. The van der Waals surface area contributed by atoms with Crippen LogP contribution in [0.5, 0.6) is 11.6 Å². The van der Waals surface area contributed by atoms with Gasteiger partial charge in [-0.1, -0.05) is 34.1 Å². The number of H-pyrrole nitrogens is 1. The van der Waals surface area contributed by atoms with Crippen LogP contribution in [-0.2, 0) is 12.6 Å². The number of rotatable bonds is 3. The molecule has 1 unspecified atom stereocenters. The Morgan fingerprint density at radius 3 is 2.54 bits per heavy atom. The predicted molar refractivity (Wildman–Crippen MR) is 140 cm³/mol. The fourth-order valence-corrected chi connectivity index (χ4v) is 5.87. The van der Waals surface area contributed by atoms with E-state index >= 15 is 0 Å². The maximum atomic E-state index is 13.5. The number of imidazole rings is 1. The van der Waals surface area contributed by atoms with Gasteiger partial charge >= 0.3 is 6.18 Å². The van der Waals surface area contributed by atoms with Gasteiger partial charge in [-0.05, 0) is 71.9 Å². The van der Waals surface area contributed by atoms with Crippen LogP contribution in [0.25, 0.3) is 16.6 Å². The van der Waals surface area contributed by atoms with Gasteiger partial charge in [-0.25, -0.2) is 0 Å². The standard InChI is InChI=1S/C27H19BrF3N3O2S/c1-36-18-8-5-14(6-9-18)24-23-20(19-12-16(28)7-10-21(19)32-23)13-22-25(35)33(26(37)34(22)24)17-4-2-3-15(11-17)27(29,30)31/h2-12,24,32,35H,13H2,1H3. The van der Waals surface area contributed by atoms with Crippen molar-refractivity contribution in [2.75, 3.05) is 7.11 Å². The van der Waals surface area contributed by atoms with Crippen molar-refractivity contribution in [3.8, 4) is 17.3 Å². The topological polar surface area (TPSA) is 55.1 Å². The first-order valence-electron chi connectivity index (χ1n) is 11.3. The monoisotopic (exact) mass is 585 g/mol. The summed E-state index contributed by atoms with van der Waals surface area (Å²) in [5.74, 6) is 0.506. The summed E-state index contributed by atoms with van der Waals surface area (Å²) in [7, 11) is 1.59. The third kappa shape index (κ3) is 3.77. The minimum atomic E-state index is -4.53. The molecule has 6 rings (SSSR count). The number of aromatic nitrogens is 3. The Hall–Kier alpha value is -3.50. The molecule has 0 saturated heterocycles. The van der Waals surface area contributed by atoms with Crippen LogP contribution < -0.4 is 4.74 Å². The second kappa shape index (κ2) is 8.53. The summed E-state index contributed by atoms with van der Waals surface area (Å²) in [6.07, 6.45) is -4.18. The number of nitrogens with zero attached hydrogens (tertiary/aromatic N) is 2. The molecule has 0 saturated carbocycles. The van der Waals surface area contributed by atoms with Crippen molar-refractivity contribution in [3.63, 3.8) is 0 Å². The van der Waals surface area contributed by atoms with Crippen LogP contribution in [0, 0.1) is 4.77 Å². The number of aromatic amines is 1. The van der Waals surface area contributed by atoms with Crippen LogP contribution in [0.3, 0.4) is 0 Å². The molecule has 2 N–H and O–H groups in total. The van der Waals surface area contributed by atoms with E-state index in [2.05, 4.69) is 20.9 Å². The number of nitrogens with one attached hydrogen (secondary N) is 1. The fourth-order valence-electron chi connectivity index (χ4n) is 5.10. The van der Waals surface area contributed by atoms with Gasteiger partial charge in [0.1, 0.15) is 11.8 Å². The van der Waals surface area contributed by atoms with Crippen LogP contribution in [-0.4, -0.2) is 26.3 Å². The zero-order valence-corrected chi connectivity index (χ0v) is 21.7. The zero-order valence-electron chi connectivity index (χ0n) is 19.3. The molecule has 0 spiro atoms. The summed E-state index contributed by atoms with van der Waals surface area (Å²) in [4.78, 5) is 3.53. The quantitative estimate of drug-likeness (QED) is 0.211. The van der Waals surface area contributed by atoms with E-state index < -0.39 is 17.8 Å². The number of benzene rings is 3. The molecule has 0 radical (unpaired) electrons. The summed E-state index contributed by atoms with van der Waals surface area (Å²) in [5, 5.41) is 12.4. The van der Waals surface area contributed by atoms with Crippen molar-refractivity contribution in [2.24, 2.45) is 0 Å². The molecule has 10 heteroatoms. The lowest BCUT2D eigenvalue weighted by Gasteiger charge is -2.26. The number of aromatic hydroxyl groups is 1. The van der Waals surface area contributed by atoms with E-state index in [-0.39, 0.29) is 16.3 Å². The number of alkyl halides is 3. The highest BCUT2D eigenvalue weighted by Crippen LogP contribution is 2.44. The number of halogens is 4. The Bertz CT molecular complexity index is 1740. The van der Waals surface area contributed by atoms with Gasteiger partial charge in [0, 0.05) is 27.5 Å². The molecule has 5 aromatic rings. The Labute approximate surface area is 222 Å². The van der Waals surface area contributed by atoms with Gasteiger partial charge in [0.25, 0.3) is 0 Å². The third-order valence-corrected chi connectivity index (χ3v) is 7.67. The van der Waals surface area contributed by atoms with Gasteiger partial charge in [-0.3, -0.25) is 4.57 Å². The zero-order chi connectivity index (χ0) is 26.1. The largest absolute Gasteiger partial charge is 0.497 e. The summed E-state index contributed by atoms with van der Waals surface area (Å²) in [5.41, 5.74) is 3.56. The second-order valence-corrected chi connectivity index (χ2v) is 10.1. The van der Waals surface area contributed by atoms with Crippen molar-refractivity contribution in [2.45, 2.75) is 18.6 Å². The van der Waals surface area contributed by atoms with Crippen molar-refractivity contribution < 1.29 is 23.0 Å². The molecule has 1 atom stereocenters. The average molecular weight is 586 g/mol. The summed E-state index contributed by atoms with van der Waals surface area (Å²) >= 11 is 9.35. The first-order chi connectivity index (χ1) is 17.7. The smallest absolute Gasteiger partial charge is 0.416 e. The molecule has 188 valence electrons. The normalized spacial score (nSPS) is 15.0. The first kappa shape index (κ1) is 23.9. The number of hydrogen-bond donors (Lipinski definition) is 2. The number of hydrogen-bond acceptors (Lipinski definition) is 3. The van der Waals surface area contributed by atoms with Crippen LogP contribution in [0.1, 0.15) is 34.1 Å². The van der Waals surface area contributed by atoms with Gasteiger partial charge in [0.05, 0.1) is 24.1 Å². The van der Waals surface area contributed by atoms with Crippen molar-refractivity contribution >= 4 is 39.1 Å². The minimum absolute atomic E-state index is 0.143. The lowest BCUT2D eigenvalue weighted by atomic mass is 9.93. The molecule has 2 aromatic heterocycles.